The molecule has 1 heteroatoms. The topological polar surface area (TPSA) is 20.2 Å². The molecule has 0 atom stereocenters. The highest BCUT2D eigenvalue weighted by Gasteiger charge is 1.88. The van der Waals surface area contributed by atoms with Crippen molar-refractivity contribution in [2.45, 2.75) is 47.5 Å². The zero-order valence-corrected chi connectivity index (χ0v) is 27.9. The summed E-state index contributed by atoms with van der Waals surface area (Å²) < 4.78 is 0. The number of aliphatic hydroxyl groups excluding tert-OH is 1. The average molecular weight is 597 g/mol. The number of aliphatic hydroxyl groups is 1. The predicted octanol–water partition coefficient (Wildman–Crippen LogP) is 11.6. The van der Waals surface area contributed by atoms with Gasteiger partial charge in [-0.25, -0.2) is 0 Å². The monoisotopic (exact) mass is 596 g/mol. The smallest absolute Gasteiger partial charge is 0.0434 e. The maximum Gasteiger partial charge on any atom is 0.0434 e. The summed E-state index contributed by atoms with van der Waals surface area (Å²) in [6.45, 7) is 10.7. The van der Waals surface area contributed by atoms with Crippen molar-refractivity contribution < 1.29 is 5.11 Å². The molecule has 0 aliphatic heterocycles. The Morgan fingerprint density at radius 3 is 0.667 bits per heavy atom. The fourth-order valence-corrected chi connectivity index (χ4v) is 3.60. The number of aryl methyl sites for hydroxylation is 6. The van der Waals surface area contributed by atoms with Crippen LogP contribution in [0.2, 0.25) is 0 Å². The molecule has 0 heterocycles. The lowest BCUT2D eigenvalue weighted by Crippen LogP contribution is -1.87. The minimum atomic E-state index is 0.287. The standard InChI is InChI=1S/C9H12O.5C7H8/c10-8-4-7-9-5-2-1-3-6-9;5*1-7-5-3-2-4-6-7/h1-3,5-6,10H,4,7-8H2;5*2-6H,1H3. The molecule has 0 saturated heterocycles. The summed E-state index contributed by atoms with van der Waals surface area (Å²) in [5.74, 6) is 0. The lowest BCUT2D eigenvalue weighted by Gasteiger charge is -1.96. The highest BCUT2D eigenvalue weighted by molar-refractivity contribution is 5.15. The van der Waals surface area contributed by atoms with Crippen molar-refractivity contribution in [3.8, 4) is 0 Å². The van der Waals surface area contributed by atoms with Gasteiger partial charge in [-0.1, -0.05) is 210 Å². The van der Waals surface area contributed by atoms with Crippen LogP contribution in [0.1, 0.15) is 39.8 Å². The molecule has 0 radical (unpaired) electrons. The quantitative estimate of drug-likeness (QED) is 0.215. The molecule has 0 fully saturated rings. The Bertz CT molecular complexity index is 1200. The first-order valence-corrected chi connectivity index (χ1v) is 15.6. The van der Waals surface area contributed by atoms with E-state index in [1.54, 1.807) is 0 Å². The Morgan fingerprint density at radius 2 is 0.511 bits per heavy atom. The van der Waals surface area contributed by atoms with Crippen molar-refractivity contribution in [2.75, 3.05) is 6.61 Å². The SMILES string of the molecule is Cc1ccccc1.Cc1ccccc1.Cc1ccccc1.Cc1ccccc1.Cc1ccccc1.OCCCc1ccccc1. The van der Waals surface area contributed by atoms with E-state index in [1.165, 1.54) is 33.4 Å². The van der Waals surface area contributed by atoms with Crippen molar-refractivity contribution in [2.24, 2.45) is 0 Å². The van der Waals surface area contributed by atoms with Crippen LogP contribution < -0.4 is 0 Å². The Labute approximate surface area is 273 Å². The summed E-state index contributed by atoms with van der Waals surface area (Å²) in [6, 6.07) is 61.5. The van der Waals surface area contributed by atoms with E-state index < -0.39 is 0 Å². The largest absolute Gasteiger partial charge is 0.396 e. The molecule has 1 N–H and O–H groups in total. The molecule has 1 nitrogen and oxygen atoms in total. The molecule has 45 heavy (non-hydrogen) atoms. The van der Waals surface area contributed by atoms with Crippen LogP contribution in [-0.2, 0) is 6.42 Å². The molecular weight excluding hydrogens is 544 g/mol. The fourth-order valence-electron chi connectivity index (χ4n) is 3.60. The second-order valence-corrected chi connectivity index (χ2v) is 10.6. The fraction of sp³-hybridized carbons (Fsp3) is 0.182. The van der Waals surface area contributed by atoms with E-state index in [2.05, 4.69) is 107 Å². The molecule has 0 bridgehead atoms. The maximum atomic E-state index is 8.53. The summed E-state index contributed by atoms with van der Waals surface area (Å²) in [4.78, 5) is 0. The summed E-state index contributed by atoms with van der Waals surface area (Å²) in [5, 5.41) is 8.53. The third kappa shape index (κ3) is 24.4. The van der Waals surface area contributed by atoms with E-state index in [1.807, 2.05) is 109 Å². The molecule has 0 unspecified atom stereocenters. The maximum absolute atomic E-state index is 8.53. The van der Waals surface area contributed by atoms with Crippen LogP contribution >= 0.6 is 0 Å². The minimum absolute atomic E-state index is 0.287. The number of hydrogen-bond donors (Lipinski definition) is 1. The molecule has 0 aliphatic carbocycles. The van der Waals surface area contributed by atoms with Crippen LogP contribution in [0.4, 0.5) is 0 Å². The molecule has 6 aromatic carbocycles. The predicted molar refractivity (Wildman–Crippen MR) is 198 cm³/mol. The first kappa shape index (κ1) is 38.3. The number of hydrogen-bond acceptors (Lipinski definition) is 1. The Balaban J connectivity index is 0.000000272. The normalized spacial score (nSPS) is 8.93. The molecule has 234 valence electrons. The van der Waals surface area contributed by atoms with Crippen molar-refractivity contribution in [3.05, 3.63) is 215 Å². The summed E-state index contributed by atoms with van der Waals surface area (Å²) in [6.07, 6.45) is 1.85. The van der Waals surface area contributed by atoms with E-state index >= 15 is 0 Å². The van der Waals surface area contributed by atoms with Gasteiger partial charge in [0.1, 0.15) is 0 Å². The minimum Gasteiger partial charge on any atom is -0.396 e. The summed E-state index contributed by atoms with van der Waals surface area (Å²) in [5.41, 5.74) is 7.91. The zero-order valence-electron chi connectivity index (χ0n) is 27.9. The van der Waals surface area contributed by atoms with Crippen LogP contribution in [0.5, 0.6) is 0 Å². The molecule has 0 spiro atoms. The van der Waals surface area contributed by atoms with Gasteiger partial charge in [0, 0.05) is 6.61 Å². The van der Waals surface area contributed by atoms with Crippen LogP contribution in [0.15, 0.2) is 182 Å². The van der Waals surface area contributed by atoms with E-state index in [-0.39, 0.29) is 6.61 Å². The van der Waals surface area contributed by atoms with Crippen molar-refractivity contribution >= 4 is 0 Å². The van der Waals surface area contributed by atoms with Crippen molar-refractivity contribution in [3.63, 3.8) is 0 Å². The highest BCUT2D eigenvalue weighted by Crippen LogP contribution is 2.01. The molecular formula is C44H52O. The Kier molecular flexibility index (Phi) is 22.9. The van der Waals surface area contributed by atoms with Gasteiger partial charge in [0.2, 0.25) is 0 Å². The molecule has 6 rings (SSSR count). The molecule has 0 aromatic heterocycles. The van der Waals surface area contributed by atoms with Gasteiger partial charge < -0.3 is 5.11 Å². The van der Waals surface area contributed by atoms with E-state index in [4.69, 9.17) is 5.11 Å². The third-order valence-corrected chi connectivity index (χ3v) is 6.17. The van der Waals surface area contributed by atoms with Gasteiger partial charge in [-0.3, -0.25) is 0 Å². The van der Waals surface area contributed by atoms with Crippen LogP contribution in [-0.4, -0.2) is 11.7 Å². The summed E-state index contributed by atoms with van der Waals surface area (Å²) in [7, 11) is 0. The molecule has 0 amide bonds. The Hall–Kier alpha value is -4.72. The highest BCUT2D eigenvalue weighted by atomic mass is 16.2. The van der Waals surface area contributed by atoms with Crippen molar-refractivity contribution in [1.82, 2.24) is 0 Å². The first-order chi connectivity index (χ1) is 21.9. The second kappa shape index (κ2) is 26.9. The van der Waals surface area contributed by atoms with E-state index in [9.17, 15) is 0 Å². The van der Waals surface area contributed by atoms with E-state index in [0.29, 0.717) is 0 Å². The number of benzene rings is 6. The van der Waals surface area contributed by atoms with E-state index in [0.717, 1.165) is 12.8 Å². The summed E-state index contributed by atoms with van der Waals surface area (Å²) >= 11 is 0. The molecule has 6 aromatic rings. The average Bonchev–Trinajstić information content (AvgIpc) is 3.08. The van der Waals surface area contributed by atoms with Crippen molar-refractivity contribution in [1.29, 1.82) is 0 Å². The first-order valence-electron chi connectivity index (χ1n) is 15.6. The van der Waals surface area contributed by atoms with Crippen LogP contribution in [0, 0.1) is 34.6 Å². The van der Waals surface area contributed by atoms with Gasteiger partial charge in [-0.2, -0.15) is 0 Å². The lowest BCUT2D eigenvalue weighted by molar-refractivity contribution is 0.288. The second-order valence-electron chi connectivity index (χ2n) is 10.6. The van der Waals surface area contributed by atoms with Gasteiger partial charge in [-0.15, -0.1) is 0 Å². The third-order valence-electron chi connectivity index (χ3n) is 6.17. The molecule has 0 saturated carbocycles. The van der Waals surface area contributed by atoms with Gasteiger partial charge >= 0.3 is 0 Å². The Morgan fingerprint density at radius 1 is 0.311 bits per heavy atom. The zero-order chi connectivity index (χ0) is 32.8. The van der Waals surface area contributed by atoms with Crippen LogP contribution in [0.25, 0.3) is 0 Å². The van der Waals surface area contributed by atoms with Gasteiger partial charge in [0.05, 0.1) is 0 Å². The van der Waals surface area contributed by atoms with Gasteiger partial charge in [0.25, 0.3) is 0 Å². The molecule has 0 aliphatic rings. The lowest BCUT2D eigenvalue weighted by atomic mass is 10.1. The van der Waals surface area contributed by atoms with Crippen LogP contribution in [0.3, 0.4) is 0 Å². The van der Waals surface area contributed by atoms with Gasteiger partial charge in [0.15, 0.2) is 0 Å². The number of rotatable bonds is 3. The van der Waals surface area contributed by atoms with Gasteiger partial charge in [-0.05, 0) is 53.0 Å².